The minimum atomic E-state index is -0.481. The van der Waals surface area contributed by atoms with Gasteiger partial charge in [-0.25, -0.2) is 0 Å². The van der Waals surface area contributed by atoms with Crippen LogP contribution in [0.5, 0.6) is 5.75 Å². The van der Waals surface area contributed by atoms with E-state index in [0.717, 1.165) is 11.3 Å². The molecule has 0 bridgehead atoms. The van der Waals surface area contributed by atoms with Crippen LogP contribution in [0.3, 0.4) is 0 Å². The average molecular weight is 454 g/mol. The molecule has 34 heavy (non-hydrogen) atoms. The number of hydrogen-bond acceptors (Lipinski definition) is 6. The number of anilines is 2. The Morgan fingerprint density at radius 3 is 2.53 bits per heavy atom. The van der Waals surface area contributed by atoms with Gasteiger partial charge in [0.2, 0.25) is 17.6 Å². The molecule has 2 amide bonds. The zero-order valence-corrected chi connectivity index (χ0v) is 18.5. The number of carbonyl (C=O) groups excluding carboxylic acids is 2. The molecule has 1 N–H and O–H groups in total. The smallest absolute Gasteiger partial charge is 0.260 e. The van der Waals surface area contributed by atoms with Crippen molar-refractivity contribution >= 4 is 23.2 Å². The Bertz CT molecular complexity index is 1320. The third-order valence-electron chi connectivity index (χ3n) is 5.75. The van der Waals surface area contributed by atoms with Gasteiger partial charge in [-0.3, -0.25) is 9.59 Å². The van der Waals surface area contributed by atoms with Crippen molar-refractivity contribution in [1.29, 1.82) is 0 Å². The summed E-state index contributed by atoms with van der Waals surface area (Å²) >= 11 is 0. The number of para-hydroxylation sites is 1. The van der Waals surface area contributed by atoms with Gasteiger partial charge in [0.05, 0.1) is 24.3 Å². The summed E-state index contributed by atoms with van der Waals surface area (Å²) < 4.78 is 10.7. The molecule has 0 unspecified atom stereocenters. The highest BCUT2D eigenvalue weighted by molar-refractivity contribution is 6.04. The Kier molecular flexibility index (Phi) is 5.78. The Balaban J connectivity index is 1.32. The maximum atomic E-state index is 13.1. The Morgan fingerprint density at radius 2 is 1.76 bits per heavy atom. The van der Waals surface area contributed by atoms with Gasteiger partial charge in [-0.2, -0.15) is 4.98 Å². The number of ether oxygens (including phenoxy) is 1. The van der Waals surface area contributed by atoms with Gasteiger partial charge < -0.3 is 19.5 Å². The van der Waals surface area contributed by atoms with Crippen LogP contribution in [0.15, 0.2) is 83.4 Å². The van der Waals surface area contributed by atoms with E-state index in [4.69, 9.17) is 9.26 Å². The van der Waals surface area contributed by atoms with Gasteiger partial charge in [-0.15, -0.1) is 0 Å². The lowest BCUT2D eigenvalue weighted by Gasteiger charge is -2.17. The van der Waals surface area contributed by atoms with E-state index in [1.54, 1.807) is 36.3 Å². The summed E-state index contributed by atoms with van der Waals surface area (Å²) in [6.45, 7) is 0.303. The number of rotatable bonds is 6. The van der Waals surface area contributed by atoms with Crippen molar-refractivity contribution in [2.24, 2.45) is 5.92 Å². The molecule has 4 aromatic rings. The molecule has 1 aliphatic heterocycles. The van der Waals surface area contributed by atoms with Crippen LogP contribution in [-0.2, 0) is 9.59 Å². The van der Waals surface area contributed by atoms with Gasteiger partial charge in [-0.05, 0) is 36.4 Å². The number of nitrogens with one attached hydrogen (secondary N) is 1. The number of carbonyl (C=O) groups is 2. The molecule has 8 heteroatoms. The third-order valence-corrected chi connectivity index (χ3v) is 5.75. The summed E-state index contributed by atoms with van der Waals surface area (Å²) in [5.41, 5.74) is 2.73. The van der Waals surface area contributed by atoms with Crippen LogP contribution in [0.2, 0.25) is 0 Å². The van der Waals surface area contributed by atoms with Crippen molar-refractivity contribution in [3.8, 4) is 28.6 Å². The molecular weight excluding hydrogens is 432 g/mol. The quantitative estimate of drug-likeness (QED) is 0.464. The lowest BCUT2D eigenvalue weighted by molar-refractivity contribution is -0.122. The average Bonchev–Trinajstić information content (AvgIpc) is 3.52. The van der Waals surface area contributed by atoms with Crippen molar-refractivity contribution in [3.05, 3.63) is 78.9 Å². The maximum absolute atomic E-state index is 13.1. The molecule has 5 rings (SSSR count). The first-order chi connectivity index (χ1) is 16.6. The molecule has 0 radical (unpaired) electrons. The number of methoxy groups -OCH3 is 1. The topological polar surface area (TPSA) is 97.6 Å². The van der Waals surface area contributed by atoms with Crippen molar-refractivity contribution in [2.75, 3.05) is 23.9 Å². The first-order valence-corrected chi connectivity index (χ1v) is 10.9. The summed E-state index contributed by atoms with van der Waals surface area (Å²) in [4.78, 5) is 31.8. The number of benzene rings is 3. The summed E-state index contributed by atoms with van der Waals surface area (Å²) in [5.74, 6) is 0.663. The second-order valence-electron chi connectivity index (χ2n) is 7.93. The number of aromatic nitrogens is 2. The van der Waals surface area contributed by atoms with E-state index in [0.29, 0.717) is 35.3 Å². The number of nitrogens with zero attached hydrogens (tertiary/aromatic N) is 3. The summed E-state index contributed by atoms with van der Waals surface area (Å²) in [6, 6.07) is 24.0. The lowest BCUT2D eigenvalue weighted by Crippen LogP contribution is -2.28. The lowest BCUT2D eigenvalue weighted by atomic mass is 10.1. The highest BCUT2D eigenvalue weighted by atomic mass is 16.5. The molecule has 0 saturated carbocycles. The molecule has 1 atom stereocenters. The second kappa shape index (κ2) is 9.19. The number of hydrogen-bond donors (Lipinski definition) is 1. The largest absolute Gasteiger partial charge is 0.497 e. The van der Waals surface area contributed by atoms with Crippen molar-refractivity contribution in [1.82, 2.24) is 10.1 Å². The fourth-order valence-corrected chi connectivity index (χ4v) is 3.95. The van der Waals surface area contributed by atoms with Gasteiger partial charge in [0.15, 0.2) is 0 Å². The van der Waals surface area contributed by atoms with Gasteiger partial charge in [0.1, 0.15) is 5.75 Å². The summed E-state index contributed by atoms with van der Waals surface area (Å²) in [5, 5.41) is 7.01. The van der Waals surface area contributed by atoms with E-state index in [-0.39, 0.29) is 18.2 Å². The van der Waals surface area contributed by atoms with Crippen LogP contribution in [0.1, 0.15) is 6.42 Å². The van der Waals surface area contributed by atoms with Crippen molar-refractivity contribution in [3.63, 3.8) is 0 Å². The predicted octanol–water partition coefficient (Wildman–Crippen LogP) is 4.40. The molecule has 3 aromatic carbocycles. The summed E-state index contributed by atoms with van der Waals surface area (Å²) in [6.07, 6.45) is 0.138. The Hall–Kier alpha value is -4.46. The van der Waals surface area contributed by atoms with Crippen LogP contribution < -0.4 is 15.0 Å². The van der Waals surface area contributed by atoms with Gasteiger partial charge in [0, 0.05) is 24.2 Å². The fraction of sp³-hybridized carbons (Fsp3) is 0.154. The molecule has 1 fully saturated rings. The van der Waals surface area contributed by atoms with E-state index in [1.807, 2.05) is 54.6 Å². The predicted molar refractivity (Wildman–Crippen MR) is 127 cm³/mol. The Morgan fingerprint density at radius 1 is 1.03 bits per heavy atom. The van der Waals surface area contributed by atoms with Crippen LogP contribution in [-0.4, -0.2) is 35.6 Å². The van der Waals surface area contributed by atoms with E-state index < -0.39 is 5.92 Å². The standard InChI is InChI=1S/C26H22N4O4/c1-33-20-13-11-19(12-14-20)30-16-18(15-23(30)31)25(32)27-22-10-6-5-9-21(22)26-28-24(29-34-26)17-7-3-2-4-8-17/h2-14,18H,15-16H2,1H3,(H,27,32)/t18-/m0/s1. The van der Waals surface area contributed by atoms with E-state index in [9.17, 15) is 9.59 Å². The normalized spacial score (nSPS) is 15.4. The first kappa shape index (κ1) is 21.4. The third kappa shape index (κ3) is 4.25. The molecule has 2 heterocycles. The van der Waals surface area contributed by atoms with Crippen molar-refractivity contribution in [2.45, 2.75) is 6.42 Å². The van der Waals surface area contributed by atoms with Crippen LogP contribution in [0.25, 0.3) is 22.8 Å². The van der Waals surface area contributed by atoms with Crippen LogP contribution in [0, 0.1) is 5.92 Å². The fourth-order valence-electron chi connectivity index (χ4n) is 3.95. The minimum absolute atomic E-state index is 0.0944. The highest BCUT2D eigenvalue weighted by Gasteiger charge is 2.35. The van der Waals surface area contributed by atoms with Gasteiger partial charge >= 0.3 is 0 Å². The minimum Gasteiger partial charge on any atom is -0.497 e. The van der Waals surface area contributed by atoms with E-state index in [2.05, 4.69) is 15.5 Å². The molecule has 1 saturated heterocycles. The van der Waals surface area contributed by atoms with Crippen LogP contribution >= 0.6 is 0 Å². The molecule has 170 valence electrons. The maximum Gasteiger partial charge on any atom is 0.260 e. The number of amides is 2. The molecule has 8 nitrogen and oxygen atoms in total. The van der Waals surface area contributed by atoms with E-state index >= 15 is 0 Å². The second-order valence-corrected chi connectivity index (χ2v) is 7.93. The first-order valence-electron chi connectivity index (χ1n) is 10.9. The zero-order valence-electron chi connectivity index (χ0n) is 18.5. The van der Waals surface area contributed by atoms with Crippen LogP contribution in [0.4, 0.5) is 11.4 Å². The molecule has 0 spiro atoms. The molecule has 1 aliphatic rings. The monoisotopic (exact) mass is 454 g/mol. The highest BCUT2D eigenvalue weighted by Crippen LogP contribution is 2.31. The van der Waals surface area contributed by atoms with Gasteiger partial charge in [-0.1, -0.05) is 47.6 Å². The molecular formula is C26H22N4O4. The van der Waals surface area contributed by atoms with Gasteiger partial charge in [0.25, 0.3) is 5.89 Å². The zero-order chi connectivity index (χ0) is 23.5. The van der Waals surface area contributed by atoms with Crippen molar-refractivity contribution < 1.29 is 18.8 Å². The molecule has 1 aromatic heterocycles. The Labute approximate surface area is 196 Å². The SMILES string of the molecule is COc1ccc(N2C[C@@H](C(=O)Nc3ccccc3-c3nc(-c4ccccc4)no3)CC2=O)cc1. The van der Waals surface area contributed by atoms with E-state index in [1.165, 1.54) is 0 Å². The molecule has 0 aliphatic carbocycles. The summed E-state index contributed by atoms with van der Waals surface area (Å²) in [7, 11) is 1.59.